The molecular weight excluding hydrogens is 260 g/mol. The van der Waals surface area contributed by atoms with Crippen molar-refractivity contribution in [1.29, 1.82) is 0 Å². The smallest absolute Gasteiger partial charge is 0.0894 e. The van der Waals surface area contributed by atoms with E-state index in [1.807, 2.05) is 42.5 Å². The zero-order valence-corrected chi connectivity index (χ0v) is 12.1. The summed E-state index contributed by atoms with van der Waals surface area (Å²) in [6.07, 6.45) is 4.20. The van der Waals surface area contributed by atoms with E-state index in [1.165, 1.54) is 5.56 Å². The summed E-state index contributed by atoms with van der Waals surface area (Å²) in [5, 5.41) is 8.47. The molecule has 2 aromatic carbocycles. The van der Waals surface area contributed by atoms with Crippen LogP contribution >= 0.6 is 0 Å². The van der Waals surface area contributed by atoms with E-state index in [1.54, 1.807) is 0 Å². The molecule has 3 rings (SSSR count). The Hall–Kier alpha value is -2.62. The van der Waals surface area contributed by atoms with Gasteiger partial charge in [-0.2, -0.15) is 10.2 Å². The van der Waals surface area contributed by atoms with Gasteiger partial charge in [-0.3, -0.25) is 0 Å². The monoisotopic (exact) mass is 278 g/mol. The van der Waals surface area contributed by atoms with Gasteiger partial charge < -0.3 is 9.80 Å². The van der Waals surface area contributed by atoms with E-state index in [0.29, 0.717) is 0 Å². The van der Waals surface area contributed by atoms with Crippen molar-refractivity contribution in [2.45, 2.75) is 6.54 Å². The summed E-state index contributed by atoms with van der Waals surface area (Å²) in [4.78, 5) is 4.42. The molecule has 0 bridgehead atoms. The number of rotatable bonds is 4. The van der Waals surface area contributed by atoms with Gasteiger partial charge in [0.2, 0.25) is 0 Å². The first kappa shape index (κ1) is 13.4. The summed E-state index contributed by atoms with van der Waals surface area (Å²) >= 11 is 0. The molecule has 0 unspecified atom stereocenters. The molecule has 0 saturated heterocycles. The van der Waals surface area contributed by atoms with Gasteiger partial charge in [0.1, 0.15) is 0 Å². The predicted molar refractivity (Wildman–Crippen MR) is 84.4 cm³/mol. The first-order valence-corrected chi connectivity index (χ1v) is 6.98. The Morgan fingerprint density at radius 2 is 1.52 bits per heavy atom. The molecule has 1 aliphatic rings. The van der Waals surface area contributed by atoms with E-state index in [4.69, 9.17) is 0 Å². The predicted octanol–water partition coefficient (Wildman–Crippen LogP) is 4.28. The molecule has 21 heavy (non-hydrogen) atoms. The van der Waals surface area contributed by atoms with E-state index >= 15 is 0 Å². The quantitative estimate of drug-likeness (QED) is 0.782. The number of hydrogen-bond acceptors (Lipinski definition) is 4. The largest absolute Gasteiger partial charge is 0.362 e. The summed E-state index contributed by atoms with van der Waals surface area (Å²) < 4.78 is 0. The number of nitrogens with zero attached hydrogens (tertiary/aromatic N) is 4. The minimum absolute atomic E-state index is 0.867. The van der Waals surface area contributed by atoms with Crippen LogP contribution in [0.2, 0.25) is 0 Å². The van der Waals surface area contributed by atoms with Gasteiger partial charge in [-0.1, -0.05) is 30.3 Å². The van der Waals surface area contributed by atoms with E-state index in [-0.39, 0.29) is 0 Å². The van der Waals surface area contributed by atoms with Gasteiger partial charge in [0.15, 0.2) is 0 Å². The highest BCUT2D eigenvalue weighted by molar-refractivity contribution is 5.41. The van der Waals surface area contributed by atoms with Crippen LogP contribution in [0.1, 0.15) is 5.56 Å². The molecule has 0 amide bonds. The molecule has 0 N–H and O–H groups in total. The molecule has 0 spiro atoms. The first-order chi connectivity index (χ1) is 10.3. The van der Waals surface area contributed by atoms with E-state index in [9.17, 15) is 0 Å². The third-order valence-electron chi connectivity index (χ3n) is 3.30. The summed E-state index contributed by atoms with van der Waals surface area (Å²) in [6, 6.07) is 18.0. The first-order valence-electron chi connectivity index (χ1n) is 6.98. The molecule has 1 heterocycles. The van der Waals surface area contributed by atoms with Gasteiger partial charge in [-0.25, -0.2) is 0 Å². The number of azo groups is 1. The fraction of sp³-hybridized carbons (Fsp3) is 0.176. The second-order valence-electron chi connectivity index (χ2n) is 5.15. The lowest BCUT2D eigenvalue weighted by molar-refractivity contribution is 0.291. The van der Waals surface area contributed by atoms with Gasteiger partial charge >= 0.3 is 0 Å². The molecule has 0 saturated carbocycles. The van der Waals surface area contributed by atoms with E-state index in [2.05, 4.69) is 51.6 Å². The van der Waals surface area contributed by atoms with Crippen LogP contribution in [0.25, 0.3) is 0 Å². The van der Waals surface area contributed by atoms with Crippen LogP contribution in [0.4, 0.5) is 11.4 Å². The van der Waals surface area contributed by atoms with Crippen LogP contribution in [0.5, 0.6) is 0 Å². The molecule has 4 nitrogen and oxygen atoms in total. The van der Waals surface area contributed by atoms with Gasteiger partial charge in [0.05, 0.1) is 18.0 Å². The van der Waals surface area contributed by atoms with Crippen molar-refractivity contribution in [3.63, 3.8) is 0 Å². The maximum Gasteiger partial charge on any atom is 0.0894 e. The lowest BCUT2D eigenvalue weighted by Crippen LogP contribution is -2.21. The fourth-order valence-electron chi connectivity index (χ4n) is 2.20. The highest BCUT2D eigenvalue weighted by atomic mass is 15.3. The standard InChI is InChI=1S/C17H18N4/c1-20-11-12-21(14-20)13-15-7-9-17(10-8-15)19-18-16-5-3-2-4-6-16/h2-12H,13-14H2,1H3. The van der Waals surface area contributed by atoms with Crippen molar-refractivity contribution >= 4 is 11.4 Å². The normalized spacial score (nSPS) is 14.3. The Morgan fingerprint density at radius 3 is 2.14 bits per heavy atom. The van der Waals surface area contributed by atoms with Crippen molar-refractivity contribution in [2.75, 3.05) is 13.7 Å². The highest BCUT2D eigenvalue weighted by Crippen LogP contribution is 2.19. The lowest BCUT2D eigenvalue weighted by atomic mass is 10.2. The van der Waals surface area contributed by atoms with Gasteiger partial charge in [0.25, 0.3) is 0 Å². The Kier molecular flexibility index (Phi) is 3.96. The summed E-state index contributed by atoms with van der Waals surface area (Å²) in [5.74, 6) is 0. The Bertz CT molecular complexity index is 632. The van der Waals surface area contributed by atoms with E-state index in [0.717, 1.165) is 24.6 Å². The van der Waals surface area contributed by atoms with Crippen molar-refractivity contribution in [3.05, 3.63) is 72.6 Å². The van der Waals surface area contributed by atoms with Crippen molar-refractivity contribution in [3.8, 4) is 0 Å². The molecule has 2 aromatic rings. The van der Waals surface area contributed by atoms with Crippen molar-refractivity contribution in [2.24, 2.45) is 10.2 Å². The lowest BCUT2D eigenvalue weighted by Gasteiger charge is -2.17. The maximum atomic E-state index is 4.25. The molecule has 1 aliphatic heterocycles. The third-order valence-corrected chi connectivity index (χ3v) is 3.30. The van der Waals surface area contributed by atoms with Crippen molar-refractivity contribution < 1.29 is 0 Å². The van der Waals surface area contributed by atoms with E-state index < -0.39 is 0 Å². The molecule has 4 heteroatoms. The second kappa shape index (κ2) is 6.22. The minimum Gasteiger partial charge on any atom is -0.362 e. The van der Waals surface area contributed by atoms with Crippen LogP contribution in [-0.2, 0) is 6.54 Å². The minimum atomic E-state index is 0.867. The SMILES string of the molecule is CN1C=CN(Cc2ccc(N=Nc3ccccc3)cc2)C1. The average Bonchev–Trinajstić information content (AvgIpc) is 2.93. The summed E-state index contributed by atoms with van der Waals surface area (Å²) in [6.45, 7) is 1.85. The Morgan fingerprint density at radius 1 is 0.857 bits per heavy atom. The molecule has 0 atom stereocenters. The zero-order chi connectivity index (χ0) is 14.5. The van der Waals surface area contributed by atoms with Crippen molar-refractivity contribution in [1.82, 2.24) is 9.80 Å². The van der Waals surface area contributed by atoms with Gasteiger partial charge in [-0.05, 0) is 29.8 Å². The topological polar surface area (TPSA) is 31.2 Å². The second-order valence-corrected chi connectivity index (χ2v) is 5.15. The molecule has 0 fully saturated rings. The third kappa shape index (κ3) is 3.69. The summed E-state index contributed by atoms with van der Waals surface area (Å²) in [5.41, 5.74) is 3.01. The molecule has 106 valence electrons. The van der Waals surface area contributed by atoms with Crippen LogP contribution in [0.3, 0.4) is 0 Å². The van der Waals surface area contributed by atoms with Gasteiger partial charge in [-0.15, -0.1) is 0 Å². The molecule has 0 radical (unpaired) electrons. The fourth-order valence-corrected chi connectivity index (χ4v) is 2.20. The molecular formula is C17H18N4. The molecule has 0 aliphatic carbocycles. The van der Waals surface area contributed by atoms with Gasteiger partial charge in [0, 0.05) is 26.0 Å². The van der Waals surface area contributed by atoms with Crippen LogP contribution in [0, 0.1) is 0 Å². The highest BCUT2D eigenvalue weighted by Gasteiger charge is 2.08. The maximum absolute atomic E-state index is 4.25. The summed E-state index contributed by atoms with van der Waals surface area (Å²) in [7, 11) is 2.07. The average molecular weight is 278 g/mol. The molecule has 0 aromatic heterocycles. The zero-order valence-electron chi connectivity index (χ0n) is 12.1. The number of benzene rings is 2. The Balaban J connectivity index is 1.62. The van der Waals surface area contributed by atoms with Crippen LogP contribution in [-0.4, -0.2) is 23.5 Å². The Labute approximate surface area is 125 Å². The van der Waals surface area contributed by atoms with Crippen LogP contribution < -0.4 is 0 Å². The van der Waals surface area contributed by atoms with Crippen LogP contribution in [0.15, 0.2) is 77.2 Å². The number of hydrogen-bond donors (Lipinski definition) is 0.